The Morgan fingerprint density at radius 2 is 1.85 bits per heavy atom. The predicted octanol–water partition coefficient (Wildman–Crippen LogP) is 2.53. The second-order valence-corrected chi connectivity index (χ2v) is 7.15. The van der Waals surface area contributed by atoms with Gasteiger partial charge in [-0.3, -0.25) is 4.79 Å². The molecule has 1 unspecified atom stereocenters. The summed E-state index contributed by atoms with van der Waals surface area (Å²) in [6.07, 6.45) is 3.09. The van der Waals surface area contributed by atoms with Crippen molar-refractivity contribution in [2.45, 2.75) is 64.6 Å². The second kappa shape index (κ2) is 4.99. The molecular weight excluding hydrogens is 256 g/mol. The summed E-state index contributed by atoms with van der Waals surface area (Å²) in [7, 11) is 1.45. The molecule has 2 fully saturated rings. The van der Waals surface area contributed by atoms with Crippen LogP contribution in [-0.4, -0.2) is 36.0 Å². The Balaban J connectivity index is 2.61. The highest BCUT2D eigenvalue weighted by Crippen LogP contribution is 2.64. The van der Waals surface area contributed by atoms with Crippen LogP contribution in [0.3, 0.4) is 0 Å². The number of carbonyl (C=O) groups is 1. The molecule has 1 aliphatic heterocycles. The zero-order valence-electron chi connectivity index (χ0n) is 13.4. The van der Waals surface area contributed by atoms with Crippen LogP contribution in [0.2, 0.25) is 0 Å². The van der Waals surface area contributed by atoms with Crippen molar-refractivity contribution in [2.24, 2.45) is 17.3 Å². The Kier molecular flexibility index (Phi) is 3.93. The van der Waals surface area contributed by atoms with Crippen LogP contribution in [0.25, 0.3) is 0 Å². The Labute approximate surface area is 121 Å². The quantitative estimate of drug-likeness (QED) is 0.806. The van der Waals surface area contributed by atoms with Gasteiger partial charge in [0.2, 0.25) is 0 Å². The third kappa shape index (κ3) is 1.77. The van der Waals surface area contributed by atoms with Gasteiger partial charge in [0.1, 0.15) is 5.41 Å². The van der Waals surface area contributed by atoms with Crippen LogP contribution < -0.4 is 0 Å². The standard InChI is InChI=1S/C16H28O4/c1-11(2)16(12(3)4)15(13(18)19-5)8-6-7-14(9-15,10-17)20-16/h11-12,17H,6-10H2,1-5H3/t14?,15-/m0/s1. The van der Waals surface area contributed by atoms with Gasteiger partial charge in [-0.1, -0.05) is 27.7 Å². The number of hydrogen-bond donors (Lipinski definition) is 1. The van der Waals surface area contributed by atoms with Crippen molar-refractivity contribution in [1.82, 2.24) is 0 Å². The topological polar surface area (TPSA) is 55.8 Å². The van der Waals surface area contributed by atoms with E-state index in [1.165, 1.54) is 7.11 Å². The summed E-state index contributed by atoms with van der Waals surface area (Å²) in [6, 6.07) is 0. The first kappa shape index (κ1) is 15.8. The minimum Gasteiger partial charge on any atom is -0.469 e. The Hall–Kier alpha value is -0.610. The predicted molar refractivity (Wildman–Crippen MR) is 76.2 cm³/mol. The van der Waals surface area contributed by atoms with Gasteiger partial charge in [0, 0.05) is 0 Å². The molecule has 20 heavy (non-hydrogen) atoms. The Morgan fingerprint density at radius 3 is 2.30 bits per heavy atom. The first-order valence-electron chi connectivity index (χ1n) is 7.70. The van der Waals surface area contributed by atoms with E-state index in [9.17, 15) is 9.90 Å². The van der Waals surface area contributed by atoms with E-state index in [4.69, 9.17) is 9.47 Å². The summed E-state index contributed by atoms with van der Waals surface area (Å²) < 4.78 is 11.7. The number of rotatable bonds is 4. The molecule has 0 amide bonds. The van der Waals surface area contributed by atoms with Crippen LogP contribution >= 0.6 is 0 Å². The lowest BCUT2D eigenvalue weighted by molar-refractivity contribution is -0.196. The van der Waals surface area contributed by atoms with Gasteiger partial charge < -0.3 is 14.6 Å². The monoisotopic (exact) mass is 284 g/mol. The third-order valence-electron chi connectivity index (χ3n) is 5.57. The fraction of sp³-hybridized carbons (Fsp3) is 0.938. The number of esters is 1. The fourth-order valence-electron chi connectivity index (χ4n) is 5.02. The maximum Gasteiger partial charge on any atom is 0.314 e. The van der Waals surface area contributed by atoms with Gasteiger partial charge in [-0.25, -0.2) is 0 Å². The number of ether oxygens (including phenoxy) is 2. The molecule has 0 aromatic carbocycles. The minimum atomic E-state index is -0.620. The molecule has 2 rings (SSSR count). The van der Waals surface area contributed by atoms with Crippen molar-refractivity contribution in [3.63, 3.8) is 0 Å². The molecule has 2 atom stereocenters. The van der Waals surface area contributed by atoms with Gasteiger partial charge in [0.15, 0.2) is 0 Å². The molecule has 116 valence electrons. The molecule has 1 N–H and O–H groups in total. The van der Waals surface area contributed by atoms with Gasteiger partial charge in [-0.05, 0) is 37.5 Å². The number of carbonyl (C=O) groups excluding carboxylic acids is 1. The highest BCUT2D eigenvalue weighted by molar-refractivity contribution is 5.79. The lowest BCUT2D eigenvalue weighted by Gasteiger charge is -2.48. The molecule has 0 spiro atoms. The van der Waals surface area contributed by atoms with Crippen molar-refractivity contribution >= 4 is 5.97 Å². The Bertz CT molecular complexity index is 382. The molecule has 4 nitrogen and oxygen atoms in total. The average Bonchev–Trinajstić information content (AvgIpc) is 2.64. The van der Waals surface area contributed by atoms with Crippen molar-refractivity contribution in [1.29, 1.82) is 0 Å². The zero-order valence-corrected chi connectivity index (χ0v) is 13.4. The van der Waals surface area contributed by atoms with E-state index >= 15 is 0 Å². The normalized spacial score (nSPS) is 35.6. The van der Waals surface area contributed by atoms with E-state index in [0.29, 0.717) is 6.42 Å². The average molecular weight is 284 g/mol. The van der Waals surface area contributed by atoms with Crippen LogP contribution in [-0.2, 0) is 14.3 Å². The summed E-state index contributed by atoms with van der Waals surface area (Å²) in [4.78, 5) is 12.6. The molecule has 0 aromatic rings. The minimum absolute atomic E-state index is 0.0209. The van der Waals surface area contributed by atoms with Gasteiger partial charge >= 0.3 is 5.97 Å². The molecule has 0 aromatic heterocycles. The van der Waals surface area contributed by atoms with E-state index in [0.717, 1.165) is 19.3 Å². The van der Waals surface area contributed by atoms with Gasteiger partial charge in [0.05, 0.1) is 24.9 Å². The van der Waals surface area contributed by atoms with Gasteiger partial charge in [0.25, 0.3) is 0 Å². The van der Waals surface area contributed by atoms with E-state index in [1.54, 1.807) is 0 Å². The third-order valence-corrected chi connectivity index (χ3v) is 5.57. The summed E-state index contributed by atoms with van der Waals surface area (Å²) in [5.74, 6) is 0.205. The van der Waals surface area contributed by atoms with Crippen LogP contribution in [0, 0.1) is 17.3 Å². The zero-order chi connectivity index (χ0) is 15.2. The van der Waals surface area contributed by atoms with Crippen molar-refractivity contribution in [3.05, 3.63) is 0 Å². The molecule has 0 radical (unpaired) electrons. The van der Waals surface area contributed by atoms with Crippen LogP contribution in [0.1, 0.15) is 53.4 Å². The molecule has 2 bridgehead atoms. The van der Waals surface area contributed by atoms with E-state index < -0.39 is 16.6 Å². The largest absolute Gasteiger partial charge is 0.469 e. The molecule has 4 heteroatoms. The van der Waals surface area contributed by atoms with Crippen molar-refractivity contribution in [2.75, 3.05) is 13.7 Å². The fourth-order valence-corrected chi connectivity index (χ4v) is 5.02. The number of fused-ring (bicyclic) bond motifs is 2. The Morgan fingerprint density at radius 1 is 1.25 bits per heavy atom. The first-order valence-corrected chi connectivity index (χ1v) is 7.70. The second-order valence-electron chi connectivity index (χ2n) is 7.15. The first-order chi connectivity index (χ1) is 9.30. The summed E-state index contributed by atoms with van der Waals surface area (Å²) in [5, 5.41) is 9.86. The van der Waals surface area contributed by atoms with Crippen molar-refractivity contribution < 1.29 is 19.4 Å². The molecule has 1 aliphatic carbocycles. The lowest BCUT2D eigenvalue weighted by atomic mass is 9.56. The van der Waals surface area contributed by atoms with Gasteiger partial charge in [-0.15, -0.1) is 0 Å². The van der Waals surface area contributed by atoms with Gasteiger partial charge in [-0.2, -0.15) is 0 Å². The number of aliphatic hydroxyl groups excluding tert-OH is 1. The maximum atomic E-state index is 12.6. The van der Waals surface area contributed by atoms with Crippen LogP contribution in [0.5, 0.6) is 0 Å². The number of methoxy groups -OCH3 is 1. The van der Waals surface area contributed by atoms with Crippen LogP contribution in [0.4, 0.5) is 0 Å². The SMILES string of the molecule is COC(=O)[C@]12CCCC(CO)(C1)OC2(C(C)C)C(C)C. The maximum absolute atomic E-state index is 12.6. The highest BCUT2D eigenvalue weighted by Gasteiger charge is 2.71. The number of aliphatic hydroxyl groups is 1. The summed E-state index contributed by atoms with van der Waals surface area (Å²) in [5.41, 5.74) is -1.74. The molecule has 2 aliphatic rings. The van der Waals surface area contributed by atoms with E-state index in [2.05, 4.69) is 27.7 Å². The number of hydrogen-bond acceptors (Lipinski definition) is 4. The molecule has 1 heterocycles. The molecule has 1 saturated carbocycles. The molecule has 1 saturated heterocycles. The summed E-state index contributed by atoms with van der Waals surface area (Å²) in [6.45, 7) is 8.41. The lowest BCUT2D eigenvalue weighted by Crippen LogP contribution is -2.57. The smallest absolute Gasteiger partial charge is 0.314 e. The van der Waals surface area contributed by atoms with Crippen molar-refractivity contribution in [3.8, 4) is 0 Å². The van der Waals surface area contributed by atoms with E-state index in [1.807, 2.05) is 0 Å². The highest BCUT2D eigenvalue weighted by atomic mass is 16.6. The van der Waals surface area contributed by atoms with Crippen LogP contribution in [0.15, 0.2) is 0 Å². The summed E-state index contributed by atoms with van der Waals surface area (Å²) >= 11 is 0. The van der Waals surface area contributed by atoms with E-state index in [-0.39, 0.29) is 24.4 Å². The molecular formula is C16H28O4.